The highest BCUT2D eigenvalue weighted by Crippen LogP contribution is 2.18. The van der Waals surface area contributed by atoms with Crippen LogP contribution in [0.25, 0.3) is 10.8 Å². The number of oxime groups is 1. The molecule has 3 aromatic rings. The van der Waals surface area contributed by atoms with Gasteiger partial charge >= 0.3 is 5.97 Å². The minimum absolute atomic E-state index is 0.0408. The molecule has 3 rings (SSSR count). The fourth-order valence-corrected chi connectivity index (χ4v) is 2.71. The van der Waals surface area contributed by atoms with Crippen molar-refractivity contribution in [2.75, 3.05) is 13.7 Å². The first-order chi connectivity index (χ1) is 12.7. The number of hydrogen-bond donors (Lipinski definition) is 1. The zero-order valence-electron chi connectivity index (χ0n) is 14.4. The molecule has 0 spiro atoms. The third-order valence-corrected chi connectivity index (χ3v) is 3.91. The van der Waals surface area contributed by atoms with Gasteiger partial charge in [0, 0.05) is 5.56 Å². The van der Waals surface area contributed by atoms with E-state index in [-0.39, 0.29) is 13.0 Å². The van der Waals surface area contributed by atoms with Crippen molar-refractivity contribution in [1.82, 2.24) is 0 Å². The Bertz CT molecular complexity index is 949. The standard InChI is InChI=1S/C21H19NO4/c1-25-22-20(18-10-9-16-6-2-3-7-17(16)13-18)14-26-19-8-4-5-15(11-19)12-21(23)24/h2-11,13H,12,14H2,1H3,(H,23,24). The summed E-state index contributed by atoms with van der Waals surface area (Å²) in [5.74, 6) is -0.284. The van der Waals surface area contributed by atoms with Crippen LogP contribution in [-0.2, 0) is 16.1 Å². The van der Waals surface area contributed by atoms with E-state index in [1.165, 1.54) is 7.11 Å². The largest absolute Gasteiger partial charge is 0.487 e. The molecular weight excluding hydrogens is 330 g/mol. The summed E-state index contributed by atoms with van der Waals surface area (Å²) in [4.78, 5) is 15.8. The van der Waals surface area contributed by atoms with Gasteiger partial charge in [0.05, 0.1) is 6.42 Å². The monoisotopic (exact) mass is 349 g/mol. The molecule has 0 aliphatic rings. The van der Waals surface area contributed by atoms with E-state index in [1.54, 1.807) is 24.3 Å². The predicted molar refractivity (Wildman–Crippen MR) is 101 cm³/mol. The van der Waals surface area contributed by atoms with Gasteiger partial charge in [-0.05, 0) is 34.5 Å². The highest BCUT2D eigenvalue weighted by atomic mass is 16.6. The molecule has 0 heterocycles. The second kappa shape index (κ2) is 8.16. The fourth-order valence-electron chi connectivity index (χ4n) is 2.71. The zero-order chi connectivity index (χ0) is 18.4. The Balaban J connectivity index is 1.78. The molecule has 3 aromatic carbocycles. The number of carboxylic acids is 1. The Morgan fingerprint density at radius 3 is 2.58 bits per heavy atom. The van der Waals surface area contributed by atoms with Crippen LogP contribution in [0.3, 0.4) is 0 Å². The van der Waals surface area contributed by atoms with Crippen molar-refractivity contribution >= 4 is 22.5 Å². The first kappa shape index (κ1) is 17.5. The molecule has 0 saturated carbocycles. The van der Waals surface area contributed by atoms with Gasteiger partial charge in [0.15, 0.2) is 0 Å². The highest BCUT2D eigenvalue weighted by Gasteiger charge is 2.08. The van der Waals surface area contributed by atoms with Crippen LogP contribution in [0.15, 0.2) is 71.9 Å². The normalized spacial score (nSPS) is 11.3. The zero-order valence-corrected chi connectivity index (χ0v) is 14.4. The van der Waals surface area contributed by atoms with Gasteiger partial charge in [-0.3, -0.25) is 4.79 Å². The summed E-state index contributed by atoms with van der Waals surface area (Å²) < 4.78 is 5.81. The van der Waals surface area contributed by atoms with E-state index >= 15 is 0 Å². The van der Waals surface area contributed by atoms with Crippen molar-refractivity contribution < 1.29 is 19.5 Å². The quantitative estimate of drug-likeness (QED) is 0.519. The average molecular weight is 349 g/mol. The lowest BCUT2D eigenvalue weighted by atomic mass is 10.0. The lowest BCUT2D eigenvalue weighted by Crippen LogP contribution is -2.13. The van der Waals surface area contributed by atoms with Gasteiger partial charge in [0.1, 0.15) is 25.2 Å². The van der Waals surface area contributed by atoms with Crippen molar-refractivity contribution in [3.63, 3.8) is 0 Å². The molecule has 26 heavy (non-hydrogen) atoms. The average Bonchev–Trinajstić information content (AvgIpc) is 2.64. The van der Waals surface area contributed by atoms with Crippen molar-refractivity contribution in [3.05, 3.63) is 77.9 Å². The molecule has 5 nitrogen and oxygen atoms in total. The topological polar surface area (TPSA) is 68.1 Å². The minimum atomic E-state index is -0.875. The lowest BCUT2D eigenvalue weighted by molar-refractivity contribution is -0.136. The van der Waals surface area contributed by atoms with Gasteiger partial charge in [-0.2, -0.15) is 0 Å². The first-order valence-corrected chi connectivity index (χ1v) is 8.18. The Hall–Kier alpha value is -3.34. The molecule has 0 bridgehead atoms. The van der Waals surface area contributed by atoms with Gasteiger partial charge in [0.25, 0.3) is 0 Å². The highest BCUT2D eigenvalue weighted by molar-refractivity contribution is 6.04. The number of carbonyl (C=O) groups is 1. The van der Waals surface area contributed by atoms with Crippen molar-refractivity contribution in [1.29, 1.82) is 0 Å². The number of carboxylic acid groups (broad SMARTS) is 1. The summed E-state index contributed by atoms with van der Waals surface area (Å²) in [7, 11) is 1.49. The van der Waals surface area contributed by atoms with Crippen LogP contribution >= 0.6 is 0 Å². The SMILES string of the molecule is CON=C(COc1cccc(CC(=O)O)c1)c1ccc2ccccc2c1. The number of aliphatic carboxylic acids is 1. The summed E-state index contributed by atoms with van der Waals surface area (Å²) >= 11 is 0. The third kappa shape index (κ3) is 4.39. The summed E-state index contributed by atoms with van der Waals surface area (Å²) in [5.41, 5.74) is 2.25. The van der Waals surface area contributed by atoms with Crippen LogP contribution < -0.4 is 4.74 Å². The number of fused-ring (bicyclic) bond motifs is 1. The molecule has 0 fully saturated rings. The molecule has 1 N–H and O–H groups in total. The molecule has 0 aromatic heterocycles. The summed E-state index contributed by atoms with van der Waals surface area (Å²) in [6, 6.07) is 21.2. The van der Waals surface area contributed by atoms with Crippen LogP contribution in [0, 0.1) is 0 Å². The number of nitrogens with zero attached hydrogens (tertiary/aromatic N) is 1. The number of hydrogen-bond acceptors (Lipinski definition) is 4. The van der Waals surface area contributed by atoms with Crippen molar-refractivity contribution in [2.45, 2.75) is 6.42 Å². The van der Waals surface area contributed by atoms with E-state index in [9.17, 15) is 4.79 Å². The Morgan fingerprint density at radius 1 is 1.00 bits per heavy atom. The maximum absolute atomic E-state index is 10.8. The Kier molecular flexibility index (Phi) is 5.49. The van der Waals surface area contributed by atoms with Crippen LogP contribution in [0.4, 0.5) is 0 Å². The van der Waals surface area contributed by atoms with E-state index in [4.69, 9.17) is 14.7 Å². The van der Waals surface area contributed by atoms with Crippen molar-refractivity contribution in [3.8, 4) is 5.75 Å². The number of ether oxygens (including phenoxy) is 1. The molecule has 132 valence electrons. The fraction of sp³-hybridized carbons (Fsp3) is 0.143. The maximum atomic E-state index is 10.8. The second-order valence-electron chi connectivity index (χ2n) is 5.79. The Morgan fingerprint density at radius 2 is 1.81 bits per heavy atom. The molecule has 0 atom stereocenters. The molecular formula is C21H19NO4. The van der Waals surface area contributed by atoms with Crippen LogP contribution in [0.5, 0.6) is 5.75 Å². The molecule has 0 saturated heterocycles. The van der Waals surface area contributed by atoms with E-state index in [0.29, 0.717) is 17.0 Å². The first-order valence-electron chi connectivity index (χ1n) is 8.18. The van der Waals surface area contributed by atoms with Crippen molar-refractivity contribution in [2.24, 2.45) is 5.16 Å². The van der Waals surface area contributed by atoms with Gasteiger partial charge < -0.3 is 14.7 Å². The number of rotatable bonds is 7. The van der Waals surface area contributed by atoms with Crippen LogP contribution in [0.2, 0.25) is 0 Å². The molecule has 0 aliphatic carbocycles. The van der Waals surface area contributed by atoms with Crippen LogP contribution in [0.1, 0.15) is 11.1 Å². The smallest absolute Gasteiger partial charge is 0.307 e. The summed E-state index contributed by atoms with van der Waals surface area (Å²) in [6.45, 7) is 0.211. The van der Waals surface area contributed by atoms with Gasteiger partial charge in [-0.15, -0.1) is 0 Å². The van der Waals surface area contributed by atoms with Gasteiger partial charge in [0.2, 0.25) is 0 Å². The number of benzene rings is 3. The molecule has 0 unspecified atom stereocenters. The molecule has 0 amide bonds. The minimum Gasteiger partial charge on any atom is -0.487 e. The van der Waals surface area contributed by atoms with Crippen LogP contribution in [-0.4, -0.2) is 30.5 Å². The second-order valence-corrected chi connectivity index (χ2v) is 5.79. The van der Waals surface area contributed by atoms with Gasteiger partial charge in [-0.1, -0.05) is 53.7 Å². The van der Waals surface area contributed by atoms with E-state index < -0.39 is 5.97 Å². The van der Waals surface area contributed by atoms with E-state index in [1.807, 2.05) is 36.4 Å². The Labute approximate surface area is 151 Å². The van der Waals surface area contributed by atoms with Gasteiger partial charge in [-0.25, -0.2) is 0 Å². The molecule has 0 aliphatic heterocycles. The third-order valence-electron chi connectivity index (χ3n) is 3.91. The summed E-state index contributed by atoms with van der Waals surface area (Å²) in [6.07, 6.45) is -0.0408. The predicted octanol–water partition coefficient (Wildman–Crippen LogP) is 3.90. The maximum Gasteiger partial charge on any atom is 0.307 e. The van der Waals surface area contributed by atoms with E-state index in [0.717, 1.165) is 16.3 Å². The van der Waals surface area contributed by atoms with E-state index in [2.05, 4.69) is 11.2 Å². The molecule has 0 radical (unpaired) electrons. The lowest BCUT2D eigenvalue weighted by Gasteiger charge is -2.10. The summed E-state index contributed by atoms with van der Waals surface area (Å²) in [5, 5.41) is 15.2. The molecule has 5 heteroatoms.